The van der Waals surface area contributed by atoms with Crippen LogP contribution in [-0.2, 0) is 17.9 Å². The molecule has 6 nitrogen and oxygen atoms in total. The summed E-state index contributed by atoms with van der Waals surface area (Å²) in [6.45, 7) is 2.79. The molecular weight excluding hydrogens is 360 g/mol. The number of benzene rings is 1. The lowest BCUT2D eigenvalue weighted by Crippen LogP contribution is -2.30. The van der Waals surface area contributed by atoms with Crippen molar-refractivity contribution >= 4 is 27.5 Å². The lowest BCUT2D eigenvalue weighted by Gasteiger charge is -2.16. The zero-order chi connectivity index (χ0) is 19.1. The highest BCUT2D eigenvalue weighted by molar-refractivity contribution is 7.16. The van der Waals surface area contributed by atoms with Crippen LogP contribution in [0.15, 0.2) is 52.9 Å². The predicted molar refractivity (Wildman–Crippen MR) is 109 cm³/mol. The van der Waals surface area contributed by atoms with E-state index < -0.39 is 0 Å². The van der Waals surface area contributed by atoms with Crippen molar-refractivity contribution in [3.05, 3.63) is 64.0 Å². The number of hydrogen-bond donors (Lipinski definition) is 1. The fourth-order valence-electron chi connectivity index (χ4n) is 2.91. The van der Waals surface area contributed by atoms with Gasteiger partial charge in [0.2, 0.25) is 5.91 Å². The third-order valence-electron chi connectivity index (χ3n) is 4.36. The summed E-state index contributed by atoms with van der Waals surface area (Å²) in [4.78, 5) is 31.5. The average Bonchev–Trinajstić information content (AvgIpc) is 3.15. The molecule has 0 saturated heterocycles. The molecule has 1 aromatic carbocycles. The van der Waals surface area contributed by atoms with Crippen LogP contribution in [0.25, 0.3) is 10.2 Å². The van der Waals surface area contributed by atoms with Crippen molar-refractivity contribution in [1.82, 2.24) is 19.8 Å². The normalized spacial score (nSPS) is 11.2. The van der Waals surface area contributed by atoms with Crippen LogP contribution in [0, 0.1) is 0 Å². The number of aromatic nitrogens is 2. The Hall–Kier alpha value is -2.51. The molecule has 142 valence electrons. The van der Waals surface area contributed by atoms with Gasteiger partial charge in [-0.2, -0.15) is 0 Å². The fraction of sp³-hybridized carbons (Fsp3) is 0.350. The van der Waals surface area contributed by atoms with E-state index in [1.165, 1.54) is 27.8 Å². The van der Waals surface area contributed by atoms with Crippen LogP contribution in [0.3, 0.4) is 0 Å². The molecule has 0 aliphatic heterocycles. The van der Waals surface area contributed by atoms with Gasteiger partial charge in [-0.05, 0) is 37.0 Å². The molecule has 7 heteroatoms. The number of amides is 1. The fourth-order valence-corrected chi connectivity index (χ4v) is 3.64. The molecule has 27 heavy (non-hydrogen) atoms. The lowest BCUT2D eigenvalue weighted by molar-refractivity contribution is -0.121. The number of thiophene rings is 1. The summed E-state index contributed by atoms with van der Waals surface area (Å²) in [6, 6.07) is 12.1. The minimum absolute atomic E-state index is 0.0435. The van der Waals surface area contributed by atoms with Gasteiger partial charge in [0, 0.05) is 26.1 Å². The smallest absolute Gasteiger partial charge is 0.262 e. The molecule has 1 amide bonds. The third kappa shape index (κ3) is 5.48. The number of aryl methyl sites for hydroxylation is 1. The Balaban J connectivity index is 1.36. The molecule has 0 unspecified atom stereocenters. The maximum Gasteiger partial charge on any atom is 0.262 e. The largest absolute Gasteiger partial charge is 0.356 e. The van der Waals surface area contributed by atoms with Crippen LogP contribution in [-0.4, -0.2) is 40.5 Å². The summed E-state index contributed by atoms with van der Waals surface area (Å²) in [5.41, 5.74) is 1.20. The standard InChI is InChI=1S/C20H24N4O2S/c1-23(14-16-6-3-2-4-7-16)11-5-10-21-18(25)8-12-24-15-22-19-17(20(24)26)9-13-27-19/h2-4,6-7,9,13,15H,5,8,10-12,14H2,1H3,(H,21,25). The molecule has 2 aromatic heterocycles. The maximum absolute atomic E-state index is 12.3. The van der Waals surface area contributed by atoms with Crippen LogP contribution in [0.1, 0.15) is 18.4 Å². The lowest BCUT2D eigenvalue weighted by atomic mass is 10.2. The van der Waals surface area contributed by atoms with Gasteiger partial charge in [0.1, 0.15) is 4.83 Å². The first-order valence-electron chi connectivity index (χ1n) is 9.05. The van der Waals surface area contributed by atoms with Crippen LogP contribution in [0.4, 0.5) is 0 Å². The Bertz CT molecular complexity index is 936. The van der Waals surface area contributed by atoms with Crippen molar-refractivity contribution in [2.75, 3.05) is 20.1 Å². The Morgan fingerprint density at radius 2 is 2.07 bits per heavy atom. The predicted octanol–water partition coefficient (Wildman–Crippen LogP) is 2.49. The van der Waals surface area contributed by atoms with E-state index in [9.17, 15) is 9.59 Å². The molecule has 0 radical (unpaired) electrons. The van der Waals surface area contributed by atoms with E-state index in [4.69, 9.17) is 0 Å². The highest BCUT2D eigenvalue weighted by Crippen LogP contribution is 2.13. The Morgan fingerprint density at radius 3 is 2.89 bits per heavy atom. The maximum atomic E-state index is 12.3. The van der Waals surface area contributed by atoms with Crippen LogP contribution in [0.5, 0.6) is 0 Å². The average molecular weight is 385 g/mol. The summed E-state index contributed by atoms with van der Waals surface area (Å²) in [7, 11) is 2.08. The topological polar surface area (TPSA) is 67.2 Å². The first-order valence-corrected chi connectivity index (χ1v) is 9.93. The van der Waals surface area contributed by atoms with E-state index in [-0.39, 0.29) is 17.9 Å². The zero-order valence-electron chi connectivity index (χ0n) is 15.4. The number of fused-ring (bicyclic) bond motifs is 1. The van der Waals surface area contributed by atoms with Gasteiger partial charge in [0.15, 0.2) is 0 Å². The highest BCUT2D eigenvalue weighted by atomic mass is 32.1. The second-order valence-electron chi connectivity index (χ2n) is 6.56. The van der Waals surface area contributed by atoms with E-state index in [1.54, 1.807) is 6.07 Å². The van der Waals surface area contributed by atoms with Crippen molar-refractivity contribution in [2.24, 2.45) is 0 Å². The molecule has 0 atom stereocenters. The van der Waals surface area contributed by atoms with E-state index in [0.29, 0.717) is 18.5 Å². The van der Waals surface area contributed by atoms with Gasteiger partial charge in [-0.3, -0.25) is 14.2 Å². The summed E-state index contributed by atoms with van der Waals surface area (Å²) < 4.78 is 1.50. The molecule has 0 bridgehead atoms. The molecule has 1 N–H and O–H groups in total. The third-order valence-corrected chi connectivity index (χ3v) is 5.19. The minimum Gasteiger partial charge on any atom is -0.356 e. The Morgan fingerprint density at radius 1 is 1.26 bits per heavy atom. The van der Waals surface area contributed by atoms with Crippen LogP contribution < -0.4 is 10.9 Å². The summed E-state index contributed by atoms with van der Waals surface area (Å²) in [5, 5.41) is 5.39. The zero-order valence-corrected chi connectivity index (χ0v) is 16.2. The number of rotatable bonds is 9. The van der Waals surface area contributed by atoms with Crippen molar-refractivity contribution in [3.8, 4) is 0 Å². The van der Waals surface area contributed by atoms with E-state index in [2.05, 4.69) is 34.4 Å². The molecule has 0 fully saturated rings. The van der Waals surface area contributed by atoms with Crippen LogP contribution in [0.2, 0.25) is 0 Å². The molecule has 3 aromatic rings. The van der Waals surface area contributed by atoms with Gasteiger partial charge in [0.25, 0.3) is 5.56 Å². The first kappa shape index (κ1) is 19.3. The summed E-state index contributed by atoms with van der Waals surface area (Å²) in [6.07, 6.45) is 2.68. The number of hydrogen-bond acceptors (Lipinski definition) is 5. The SMILES string of the molecule is CN(CCCNC(=O)CCn1cnc2sccc2c1=O)Cc1ccccc1. The monoisotopic (exact) mass is 384 g/mol. The van der Waals surface area contributed by atoms with Crippen LogP contribution >= 0.6 is 11.3 Å². The molecule has 2 heterocycles. The highest BCUT2D eigenvalue weighted by Gasteiger charge is 2.07. The first-order chi connectivity index (χ1) is 13.1. The van der Waals surface area contributed by atoms with Crippen molar-refractivity contribution < 1.29 is 4.79 Å². The second-order valence-corrected chi connectivity index (χ2v) is 7.45. The van der Waals surface area contributed by atoms with E-state index in [1.807, 2.05) is 23.6 Å². The quantitative estimate of drug-likeness (QED) is 0.576. The van der Waals surface area contributed by atoms with E-state index in [0.717, 1.165) is 24.3 Å². The molecule has 0 saturated carbocycles. The molecule has 0 spiro atoms. The van der Waals surface area contributed by atoms with Gasteiger partial charge in [-0.25, -0.2) is 4.98 Å². The molecule has 0 aliphatic rings. The number of carbonyl (C=O) groups is 1. The van der Waals surface area contributed by atoms with Crippen molar-refractivity contribution in [2.45, 2.75) is 25.9 Å². The molecule has 0 aliphatic carbocycles. The molecule has 3 rings (SSSR count). The van der Waals surface area contributed by atoms with Crippen molar-refractivity contribution in [1.29, 1.82) is 0 Å². The minimum atomic E-state index is -0.0865. The van der Waals surface area contributed by atoms with Gasteiger partial charge >= 0.3 is 0 Å². The molecular formula is C20H24N4O2S. The van der Waals surface area contributed by atoms with Gasteiger partial charge in [-0.15, -0.1) is 11.3 Å². The summed E-state index contributed by atoms with van der Waals surface area (Å²) in [5.74, 6) is -0.0435. The number of carbonyl (C=O) groups excluding carboxylic acids is 1. The Kier molecular flexibility index (Phi) is 6.73. The van der Waals surface area contributed by atoms with E-state index >= 15 is 0 Å². The van der Waals surface area contributed by atoms with Gasteiger partial charge in [0.05, 0.1) is 11.7 Å². The van der Waals surface area contributed by atoms with Gasteiger partial charge in [-0.1, -0.05) is 30.3 Å². The Labute approximate surface area is 162 Å². The van der Waals surface area contributed by atoms with Gasteiger partial charge < -0.3 is 10.2 Å². The second kappa shape index (κ2) is 9.43. The van der Waals surface area contributed by atoms with Crippen molar-refractivity contribution in [3.63, 3.8) is 0 Å². The number of nitrogens with one attached hydrogen (secondary N) is 1. The number of nitrogens with zero attached hydrogens (tertiary/aromatic N) is 3. The summed E-state index contributed by atoms with van der Waals surface area (Å²) >= 11 is 1.44.